The third kappa shape index (κ3) is 6.95. The Morgan fingerprint density at radius 2 is 1.75 bits per heavy atom. The second-order valence-corrected chi connectivity index (χ2v) is 7.39. The number of rotatable bonds is 6. The van der Waals surface area contributed by atoms with Crippen molar-refractivity contribution in [3.05, 3.63) is 0 Å². The molecule has 0 aromatic rings. The van der Waals surface area contributed by atoms with Gasteiger partial charge < -0.3 is 20.4 Å². The van der Waals surface area contributed by atoms with Gasteiger partial charge in [0.15, 0.2) is 5.96 Å². The smallest absolute Gasteiger partial charge is 0.191 e. The van der Waals surface area contributed by atoms with Crippen LogP contribution in [0.1, 0.15) is 32.1 Å². The summed E-state index contributed by atoms with van der Waals surface area (Å²) < 4.78 is 0. The molecule has 2 saturated heterocycles. The van der Waals surface area contributed by atoms with Gasteiger partial charge in [0.1, 0.15) is 0 Å². The van der Waals surface area contributed by atoms with Crippen molar-refractivity contribution in [2.24, 2.45) is 4.99 Å². The first-order valence-electron chi connectivity index (χ1n) is 9.74. The number of hydrogen-bond donors (Lipinski definition) is 2. The van der Waals surface area contributed by atoms with Crippen LogP contribution in [0, 0.1) is 0 Å². The van der Waals surface area contributed by atoms with Gasteiger partial charge >= 0.3 is 0 Å². The van der Waals surface area contributed by atoms with Crippen molar-refractivity contribution in [1.29, 1.82) is 0 Å². The van der Waals surface area contributed by atoms with E-state index in [-0.39, 0.29) is 0 Å². The van der Waals surface area contributed by atoms with E-state index in [1.54, 1.807) is 0 Å². The number of likely N-dealkylation sites (tertiary alicyclic amines) is 1. The predicted molar refractivity (Wildman–Crippen MR) is 103 cm³/mol. The number of likely N-dealkylation sites (N-methyl/N-ethyl adjacent to an activating group) is 2. The van der Waals surface area contributed by atoms with Crippen LogP contribution in [0.25, 0.3) is 0 Å². The number of nitrogens with zero attached hydrogens (tertiary/aromatic N) is 4. The Morgan fingerprint density at radius 3 is 2.46 bits per heavy atom. The first kappa shape index (κ1) is 19.5. The average Bonchev–Trinajstić information content (AvgIpc) is 2.86. The second-order valence-electron chi connectivity index (χ2n) is 7.39. The van der Waals surface area contributed by atoms with Crippen LogP contribution in [0.5, 0.6) is 0 Å². The number of piperazine rings is 1. The molecule has 0 bridgehead atoms. The largest absolute Gasteiger partial charge is 0.356 e. The molecule has 0 amide bonds. The Labute approximate surface area is 148 Å². The van der Waals surface area contributed by atoms with Crippen LogP contribution in [0.3, 0.4) is 0 Å². The second kappa shape index (κ2) is 10.9. The van der Waals surface area contributed by atoms with Crippen molar-refractivity contribution in [1.82, 2.24) is 25.3 Å². The monoisotopic (exact) mass is 338 g/mol. The van der Waals surface area contributed by atoms with Gasteiger partial charge in [-0.2, -0.15) is 0 Å². The van der Waals surface area contributed by atoms with Gasteiger partial charge in [0, 0.05) is 45.8 Å². The molecule has 2 aliphatic heterocycles. The van der Waals surface area contributed by atoms with E-state index < -0.39 is 0 Å². The fourth-order valence-corrected chi connectivity index (χ4v) is 3.63. The van der Waals surface area contributed by atoms with E-state index in [0.29, 0.717) is 6.04 Å². The molecule has 1 unspecified atom stereocenters. The van der Waals surface area contributed by atoms with E-state index in [4.69, 9.17) is 0 Å². The molecule has 6 nitrogen and oxygen atoms in total. The highest BCUT2D eigenvalue weighted by Gasteiger charge is 2.21. The van der Waals surface area contributed by atoms with E-state index in [2.05, 4.69) is 44.4 Å². The molecule has 2 fully saturated rings. The fraction of sp³-hybridized carbons (Fsp3) is 0.944. The zero-order chi connectivity index (χ0) is 17.2. The van der Waals surface area contributed by atoms with Gasteiger partial charge in [-0.25, -0.2) is 0 Å². The van der Waals surface area contributed by atoms with Crippen molar-refractivity contribution in [3.63, 3.8) is 0 Å². The molecule has 24 heavy (non-hydrogen) atoms. The van der Waals surface area contributed by atoms with Gasteiger partial charge in [0.25, 0.3) is 0 Å². The molecular weight excluding hydrogens is 300 g/mol. The maximum absolute atomic E-state index is 4.36. The van der Waals surface area contributed by atoms with Crippen LogP contribution in [-0.4, -0.2) is 100 Å². The number of nitrogens with one attached hydrogen (secondary N) is 2. The van der Waals surface area contributed by atoms with Gasteiger partial charge in [0.05, 0.1) is 0 Å². The van der Waals surface area contributed by atoms with Crippen LogP contribution < -0.4 is 10.6 Å². The lowest BCUT2D eigenvalue weighted by molar-refractivity contribution is 0.116. The highest BCUT2D eigenvalue weighted by molar-refractivity contribution is 5.79. The first-order chi connectivity index (χ1) is 11.7. The summed E-state index contributed by atoms with van der Waals surface area (Å²) in [4.78, 5) is 11.8. The molecule has 0 aromatic heterocycles. The van der Waals surface area contributed by atoms with E-state index in [1.165, 1.54) is 51.7 Å². The van der Waals surface area contributed by atoms with E-state index >= 15 is 0 Å². The molecule has 2 aliphatic rings. The Kier molecular flexibility index (Phi) is 8.84. The molecule has 0 radical (unpaired) electrons. The van der Waals surface area contributed by atoms with Crippen LogP contribution in [0.4, 0.5) is 0 Å². The Bertz CT molecular complexity index is 365. The summed E-state index contributed by atoms with van der Waals surface area (Å²) in [5.74, 6) is 0.937. The molecular formula is C18H38N6. The van der Waals surface area contributed by atoms with Crippen molar-refractivity contribution >= 4 is 5.96 Å². The maximum atomic E-state index is 4.36. The molecule has 0 aromatic carbocycles. The summed E-state index contributed by atoms with van der Waals surface area (Å²) in [6.07, 6.45) is 6.76. The first-order valence-corrected chi connectivity index (χ1v) is 9.74. The third-order valence-electron chi connectivity index (χ3n) is 5.35. The molecule has 1 atom stereocenters. The van der Waals surface area contributed by atoms with Crippen molar-refractivity contribution in [2.75, 3.05) is 73.5 Å². The average molecular weight is 339 g/mol. The Morgan fingerprint density at radius 1 is 1.00 bits per heavy atom. The minimum Gasteiger partial charge on any atom is -0.356 e. The minimum absolute atomic E-state index is 0.555. The van der Waals surface area contributed by atoms with E-state index in [1.807, 2.05) is 7.05 Å². The van der Waals surface area contributed by atoms with Crippen LogP contribution >= 0.6 is 0 Å². The minimum atomic E-state index is 0.555. The zero-order valence-electron chi connectivity index (χ0n) is 16.1. The third-order valence-corrected chi connectivity index (χ3v) is 5.35. The van der Waals surface area contributed by atoms with E-state index in [0.717, 1.165) is 38.7 Å². The lowest BCUT2D eigenvalue weighted by Gasteiger charge is -2.37. The Balaban J connectivity index is 1.60. The molecule has 0 aliphatic carbocycles. The molecule has 2 heterocycles. The molecule has 0 saturated carbocycles. The van der Waals surface area contributed by atoms with Crippen molar-refractivity contribution in [3.8, 4) is 0 Å². The highest BCUT2D eigenvalue weighted by Crippen LogP contribution is 2.09. The summed E-state index contributed by atoms with van der Waals surface area (Å²) in [5, 5.41) is 6.97. The van der Waals surface area contributed by atoms with Gasteiger partial charge in [-0.05, 0) is 53.0 Å². The van der Waals surface area contributed by atoms with Crippen LogP contribution in [0.2, 0.25) is 0 Å². The topological polar surface area (TPSA) is 46.1 Å². The number of guanidine groups is 1. The SMILES string of the molecule is CN=C(NCCCN1CCCCCC1)NCC1CN(C)CCN1C. The summed E-state index contributed by atoms with van der Waals surface area (Å²) in [5.41, 5.74) is 0. The Hall–Kier alpha value is -0.850. The molecule has 2 rings (SSSR count). The zero-order valence-corrected chi connectivity index (χ0v) is 16.1. The lowest BCUT2D eigenvalue weighted by Crippen LogP contribution is -2.55. The molecule has 2 N–H and O–H groups in total. The normalized spacial score (nSPS) is 25.5. The summed E-state index contributed by atoms with van der Waals surface area (Å²) in [6.45, 7) is 9.16. The standard InChI is InChI=1S/C18H38N6/c1-19-18(21-15-17-16-22(2)13-14-23(17)3)20-9-8-12-24-10-6-4-5-7-11-24/h17H,4-16H2,1-3H3,(H2,19,20,21). The maximum Gasteiger partial charge on any atom is 0.191 e. The van der Waals surface area contributed by atoms with Crippen molar-refractivity contribution in [2.45, 2.75) is 38.1 Å². The molecule has 0 spiro atoms. The number of aliphatic imine (C=N–C) groups is 1. The predicted octanol–water partition coefficient (Wildman–Crippen LogP) is 0.663. The van der Waals surface area contributed by atoms with E-state index in [9.17, 15) is 0 Å². The fourth-order valence-electron chi connectivity index (χ4n) is 3.63. The van der Waals surface area contributed by atoms with Gasteiger partial charge in [-0.1, -0.05) is 12.8 Å². The quantitative estimate of drug-likeness (QED) is 0.423. The molecule has 140 valence electrons. The van der Waals surface area contributed by atoms with Crippen molar-refractivity contribution < 1.29 is 0 Å². The summed E-state index contributed by atoms with van der Waals surface area (Å²) in [7, 11) is 6.29. The van der Waals surface area contributed by atoms with Gasteiger partial charge in [0.2, 0.25) is 0 Å². The summed E-state index contributed by atoms with van der Waals surface area (Å²) in [6, 6.07) is 0.555. The highest BCUT2D eigenvalue weighted by atomic mass is 15.3. The van der Waals surface area contributed by atoms with Gasteiger partial charge in [-0.3, -0.25) is 9.89 Å². The summed E-state index contributed by atoms with van der Waals surface area (Å²) >= 11 is 0. The van der Waals surface area contributed by atoms with Gasteiger partial charge in [-0.15, -0.1) is 0 Å². The number of hydrogen-bond acceptors (Lipinski definition) is 4. The van der Waals surface area contributed by atoms with Crippen LogP contribution in [-0.2, 0) is 0 Å². The van der Waals surface area contributed by atoms with Crippen LogP contribution in [0.15, 0.2) is 4.99 Å². The molecule has 6 heteroatoms. The lowest BCUT2D eigenvalue weighted by atomic mass is 10.2.